The Morgan fingerprint density at radius 3 is 2.64 bits per heavy atom. The van der Waals surface area contributed by atoms with Crippen molar-refractivity contribution in [2.45, 2.75) is 6.92 Å². The number of hydrogen-bond acceptors (Lipinski definition) is 3. The van der Waals surface area contributed by atoms with Gasteiger partial charge in [0.05, 0.1) is 0 Å². The van der Waals surface area contributed by atoms with E-state index in [1.54, 1.807) is 20.3 Å². The van der Waals surface area contributed by atoms with E-state index in [1.165, 1.54) is 16.2 Å². The molecule has 1 amide bonds. The molecule has 0 aliphatic carbocycles. The lowest BCUT2D eigenvalue weighted by Crippen LogP contribution is -2.21. The minimum atomic E-state index is -0.0249. The standard InChI is InChI=1S/C7H10N2OS/c1-5-4-8-6(11-5)7(10)9(2)3/h4H,1-3H3. The maximum absolute atomic E-state index is 11.2. The summed E-state index contributed by atoms with van der Waals surface area (Å²) in [7, 11) is 3.44. The summed E-state index contributed by atoms with van der Waals surface area (Å²) in [5, 5.41) is 0.563. The summed E-state index contributed by atoms with van der Waals surface area (Å²) >= 11 is 1.42. The third kappa shape index (κ3) is 1.77. The SMILES string of the molecule is Cc1cnc(C(=O)N(C)C)s1. The number of carbonyl (C=O) groups is 1. The van der Waals surface area contributed by atoms with E-state index in [9.17, 15) is 4.79 Å². The van der Waals surface area contributed by atoms with E-state index in [0.717, 1.165) is 4.88 Å². The van der Waals surface area contributed by atoms with Crippen LogP contribution in [-0.4, -0.2) is 29.9 Å². The molecule has 0 fully saturated rings. The number of rotatable bonds is 1. The summed E-state index contributed by atoms with van der Waals surface area (Å²) in [5.74, 6) is -0.0249. The second kappa shape index (κ2) is 3.00. The number of thiazole rings is 1. The smallest absolute Gasteiger partial charge is 0.282 e. The van der Waals surface area contributed by atoms with Gasteiger partial charge in [0.25, 0.3) is 5.91 Å². The van der Waals surface area contributed by atoms with Crippen molar-refractivity contribution >= 4 is 17.2 Å². The van der Waals surface area contributed by atoms with Gasteiger partial charge in [-0.2, -0.15) is 0 Å². The molecule has 0 unspecified atom stereocenters. The second-order valence-corrected chi connectivity index (χ2v) is 3.71. The van der Waals surface area contributed by atoms with Gasteiger partial charge in [0.15, 0.2) is 5.01 Å². The molecule has 1 aromatic rings. The topological polar surface area (TPSA) is 33.2 Å². The van der Waals surface area contributed by atoms with E-state index in [-0.39, 0.29) is 5.91 Å². The van der Waals surface area contributed by atoms with E-state index < -0.39 is 0 Å². The Hall–Kier alpha value is -0.900. The van der Waals surface area contributed by atoms with Gasteiger partial charge in [-0.05, 0) is 6.92 Å². The van der Waals surface area contributed by atoms with E-state index >= 15 is 0 Å². The first-order valence-corrected chi connectivity index (χ1v) is 4.07. The van der Waals surface area contributed by atoms with Crippen LogP contribution in [0.4, 0.5) is 0 Å². The van der Waals surface area contributed by atoms with Gasteiger partial charge in [0.2, 0.25) is 0 Å². The lowest BCUT2D eigenvalue weighted by atomic mass is 10.6. The first kappa shape index (κ1) is 8.20. The van der Waals surface area contributed by atoms with Crippen molar-refractivity contribution in [1.82, 2.24) is 9.88 Å². The Morgan fingerprint density at radius 1 is 1.64 bits per heavy atom. The van der Waals surface area contributed by atoms with Gasteiger partial charge in [0, 0.05) is 25.2 Å². The molecular weight excluding hydrogens is 160 g/mol. The predicted octanol–water partition coefficient (Wildman–Crippen LogP) is 1.15. The molecule has 0 aliphatic heterocycles. The summed E-state index contributed by atoms with van der Waals surface area (Å²) in [5.41, 5.74) is 0. The molecule has 4 heteroatoms. The van der Waals surface area contributed by atoms with E-state index in [2.05, 4.69) is 4.98 Å². The monoisotopic (exact) mass is 170 g/mol. The highest BCUT2D eigenvalue weighted by Crippen LogP contribution is 2.11. The summed E-state index contributed by atoms with van der Waals surface area (Å²) in [4.78, 5) is 17.8. The Labute approximate surface area is 69.7 Å². The van der Waals surface area contributed by atoms with Crippen molar-refractivity contribution < 1.29 is 4.79 Å². The molecule has 0 atom stereocenters. The molecule has 0 spiro atoms. The van der Waals surface area contributed by atoms with E-state index in [4.69, 9.17) is 0 Å². The second-order valence-electron chi connectivity index (χ2n) is 2.48. The van der Waals surface area contributed by atoms with Crippen LogP contribution in [0.2, 0.25) is 0 Å². The third-order valence-corrected chi connectivity index (χ3v) is 2.11. The number of carbonyl (C=O) groups excluding carboxylic acids is 1. The molecular formula is C7H10N2OS. The van der Waals surface area contributed by atoms with Crippen LogP contribution >= 0.6 is 11.3 Å². The number of aromatic nitrogens is 1. The maximum Gasteiger partial charge on any atom is 0.282 e. The zero-order valence-electron chi connectivity index (χ0n) is 6.79. The number of hydrogen-bond donors (Lipinski definition) is 0. The highest BCUT2D eigenvalue weighted by molar-refractivity contribution is 7.13. The predicted molar refractivity (Wildman–Crippen MR) is 44.9 cm³/mol. The third-order valence-electron chi connectivity index (χ3n) is 1.21. The van der Waals surface area contributed by atoms with Gasteiger partial charge in [0.1, 0.15) is 0 Å². The average molecular weight is 170 g/mol. The molecule has 0 bridgehead atoms. The first-order valence-electron chi connectivity index (χ1n) is 3.25. The quantitative estimate of drug-likeness (QED) is 0.633. The first-order chi connectivity index (χ1) is 5.11. The zero-order chi connectivity index (χ0) is 8.43. The van der Waals surface area contributed by atoms with Crippen molar-refractivity contribution in [3.8, 4) is 0 Å². The molecule has 60 valence electrons. The van der Waals surface area contributed by atoms with Gasteiger partial charge in [-0.15, -0.1) is 11.3 Å². The molecule has 0 saturated carbocycles. The Kier molecular flexibility index (Phi) is 2.24. The van der Waals surface area contributed by atoms with Gasteiger partial charge in [-0.1, -0.05) is 0 Å². The molecule has 3 nitrogen and oxygen atoms in total. The Balaban J connectivity index is 2.85. The van der Waals surface area contributed by atoms with E-state index in [1.807, 2.05) is 6.92 Å². The van der Waals surface area contributed by atoms with Crippen LogP contribution in [0, 0.1) is 6.92 Å². The van der Waals surface area contributed by atoms with Gasteiger partial charge >= 0.3 is 0 Å². The fourth-order valence-electron chi connectivity index (χ4n) is 0.645. The van der Waals surface area contributed by atoms with Gasteiger partial charge in [-0.3, -0.25) is 4.79 Å². The molecule has 0 radical (unpaired) electrons. The molecule has 0 aromatic carbocycles. The van der Waals surface area contributed by atoms with Crippen molar-refractivity contribution in [3.63, 3.8) is 0 Å². The summed E-state index contributed by atoms with van der Waals surface area (Å²) in [6, 6.07) is 0. The highest BCUT2D eigenvalue weighted by Gasteiger charge is 2.10. The van der Waals surface area contributed by atoms with Crippen LogP contribution in [0.15, 0.2) is 6.20 Å². The lowest BCUT2D eigenvalue weighted by Gasteiger charge is -2.05. The van der Waals surface area contributed by atoms with Gasteiger partial charge in [-0.25, -0.2) is 4.98 Å². The van der Waals surface area contributed by atoms with Crippen molar-refractivity contribution in [2.75, 3.05) is 14.1 Å². The number of nitrogens with zero attached hydrogens (tertiary/aromatic N) is 2. The normalized spacial score (nSPS) is 9.73. The van der Waals surface area contributed by atoms with Crippen LogP contribution in [0.1, 0.15) is 14.7 Å². The lowest BCUT2D eigenvalue weighted by molar-refractivity contribution is 0.0827. The molecule has 1 rings (SSSR count). The zero-order valence-corrected chi connectivity index (χ0v) is 7.60. The molecule has 0 aliphatic rings. The summed E-state index contributed by atoms with van der Waals surface area (Å²) < 4.78 is 0. The van der Waals surface area contributed by atoms with Crippen molar-refractivity contribution in [3.05, 3.63) is 16.1 Å². The molecule has 1 heterocycles. The fourth-order valence-corrected chi connectivity index (χ4v) is 1.43. The molecule has 0 N–H and O–H groups in total. The number of amides is 1. The van der Waals surface area contributed by atoms with Crippen LogP contribution in [-0.2, 0) is 0 Å². The minimum absolute atomic E-state index is 0.0249. The average Bonchev–Trinajstić information content (AvgIpc) is 2.34. The van der Waals surface area contributed by atoms with Crippen LogP contribution in [0.5, 0.6) is 0 Å². The maximum atomic E-state index is 11.2. The van der Waals surface area contributed by atoms with Crippen LogP contribution in [0.3, 0.4) is 0 Å². The van der Waals surface area contributed by atoms with Crippen molar-refractivity contribution in [1.29, 1.82) is 0 Å². The molecule has 1 aromatic heterocycles. The van der Waals surface area contributed by atoms with Crippen LogP contribution in [0.25, 0.3) is 0 Å². The minimum Gasteiger partial charge on any atom is -0.343 e. The summed E-state index contributed by atoms with van der Waals surface area (Å²) in [6.07, 6.45) is 1.71. The molecule has 11 heavy (non-hydrogen) atoms. The van der Waals surface area contributed by atoms with Crippen LogP contribution < -0.4 is 0 Å². The largest absolute Gasteiger partial charge is 0.343 e. The molecule has 0 saturated heterocycles. The Morgan fingerprint density at radius 2 is 2.27 bits per heavy atom. The Bertz CT molecular complexity index is 267. The fraction of sp³-hybridized carbons (Fsp3) is 0.429. The number of aryl methyl sites for hydroxylation is 1. The highest BCUT2D eigenvalue weighted by atomic mass is 32.1. The summed E-state index contributed by atoms with van der Waals surface area (Å²) in [6.45, 7) is 1.93. The van der Waals surface area contributed by atoms with Crippen molar-refractivity contribution in [2.24, 2.45) is 0 Å². The van der Waals surface area contributed by atoms with E-state index in [0.29, 0.717) is 5.01 Å². The van der Waals surface area contributed by atoms with Gasteiger partial charge < -0.3 is 4.90 Å².